The number of hydrogen-bond acceptors (Lipinski definition) is 3. The molecule has 2 fully saturated rings. The van der Waals surface area contributed by atoms with Gasteiger partial charge < -0.3 is 5.32 Å². The molecule has 2 aliphatic rings. The average molecular weight is 315 g/mol. The van der Waals surface area contributed by atoms with Gasteiger partial charge in [-0.05, 0) is 47.4 Å². The normalized spacial score (nSPS) is 29.1. The maximum absolute atomic E-state index is 11.7. The van der Waals surface area contributed by atoms with E-state index in [1.807, 2.05) is 0 Å². The van der Waals surface area contributed by atoms with Gasteiger partial charge in [-0.25, -0.2) is 0 Å². The summed E-state index contributed by atoms with van der Waals surface area (Å²) in [7, 11) is 0. The van der Waals surface area contributed by atoms with Crippen LogP contribution in [0, 0.1) is 5.92 Å². The number of nitrogens with one attached hydrogen (secondary N) is 1. The van der Waals surface area contributed by atoms with Crippen LogP contribution in [0.15, 0.2) is 15.9 Å². The first kappa shape index (κ1) is 11.7. The van der Waals surface area contributed by atoms with Crippen molar-refractivity contribution in [2.45, 2.75) is 25.4 Å². The van der Waals surface area contributed by atoms with Crippen LogP contribution in [0.1, 0.15) is 17.7 Å². The fourth-order valence-electron chi connectivity index (χ4n) is 2.87. The molecule has 3 heterocycles. The number of amides is 1. The monoisotopic (exact) mass is 314 g/mol. The summed E-state index contributed by atoms with van der Waals surface area (Å²) in [6, 6.07) is 4.68. The Morgan fingerprint density at radius 1 is 1.53 bits per heavy atom. The second-order valence-corrected chi connectivity index (χ2v) is 7.29. The van der Waals surface area contributed by atoms with E-state index in [0.29, 0.717) is 6.04 Å². The van der Waals surface area contributed by atoms with Crippen molar-refractivity contribution in [2.24, 2.45) is 5.92 Å². The van der Waals surface area contributed by atoms with Gasteiger partial charge in [-0.1, -0.05) is 0 Å². The van der Waals surface area contributed by atoms with Gasteiger partial charge >= 0.3 is 0 Å². The molecule has 1 amide bonds. The number of carbonyl (C=O) groups is 1. The molecule has 0 aromatic carbocycles. The SMILES string of the molecule is O=C1NCC2C1CCCN2Cc1ccc(Br)s1. The number of carbonyl (C=O) groups excluding carboxylic acids is 1. The van der Waals surface area contributed by atoms with Gasteiger partial charge in [0.1, 0.15) is 0 Å². The molecule has 3 rings (SSSR count). The van der Waals surface area contributed by atoms with E-state index in [9.17, 15) is 4.79 Å². The Hall–Kier alpha value is -0.390. The zero-order chi connectivity index (χ0) is 11.8. The van der Waals surface area contributed by atoms with E-state index in [1.165, 1.54) is 8.66 Å². The first-order valence-corrected chi connectivity index (χ1v) is 7.61. The van der Waals surface area contributed by atoms with Crippen LogP contribution in [0.5, 0.6) is 0 Å². The number of rotatable bonds is 2. The van der Waals surface area contributed by atoms with E-state index < -0.39 is 0 Å². The summed E-state index contributed by atoms with van der Waals surface area (Å²) in [6.45, 7) is 2.92. The minimum Gasteiger partial charge on any atom is -0.354 e. The predicted molar refractivity (Wildman–Crippen MR) is 72.0 cm³/mol. The highest BCUT2D eigenvalue weighted by atomic mass is 79.9. The van der Waals surface area contributed by atoms with Crippen molar-refractivity contribution >= 4 is 33.2 Å². The largest absolute Gasteiger partial charge is 0.354 e. The van der Waals surface area contributed by atoms with Crippen LogP contribution in [0.2, 0.25) is 0 Å². The van der Waals surface area contributed by atoms with E-state index in [1.54, 1.807) is 11.3 Å². The lowest BCUT2D eigenvalue weighted by molar-refractivity contribution is -0.124. The maximum Gasteiger partial charge on any atom is 0.224 e. The number of halogens is 1. The number of thiophene rings is 1. The van der Waals surface area contributed by atoms with Crippen LogP contribution in [0.25, 0.3) is 0 Å². The predicted octanol–water partition coefficient (Wildman–Crippen LogP) is 2.22. The third-order valence-corrected chi connectivity index (χ3v) is 5.31. The minimum atomic E-state index is 0.229. The lowest BCUT2D eigenvalue weighted by Gasteiger charge is -2.35. The van der Waals surface area contributed by atoms with Crippen LogP contribution in [0.4, 0.5) is 0 Å². The molecule has 92 valence electrons. The van der Waals surface area contributed by atoms with Gasteiger partial charge in [-0.3, -0.25) is 9.69 Å². The van der Waals surface area contributed by atoms with E-state index in [2.05, 4.69) is 38.3 Å². The van der Waals surface area contributed by atoms with Crippen LogP contribution in [-0.4, -0.2) is 29.9 Å². The molecule has 2 saturated heterocycles. The van der Waals surface area contributed by atoms with Gasteiger partial charge in [0.05, 0.1) is 9.70 Å². The topological polar surface area (TPSA) is 32.3 Å². The summed E-state index contributed by atoms with van der Waals surface area (Å²) in [6.07, 6.45) is 2.20. The Bertz CT molecular complexity index is 434. The second-order valence-electron chi connectivity index (χ2n) is 4.74. The van der Waals surface area contributed by atoms with E-state index in [-0.39, 0.29) is 11.8 Å². The van der Waals surface area contributed by atoms with Gasteiger partial charge in [0.2, 0.25) is 5.91 Å². The summed E-state index contributed by atoms with van der Waals surface area (Å²) in [5, 5.41) is 3.00. The maximum atomic E-state index is 11.7. The molecule has 1 aromatic heterocycles. The van der Waals surface area contributed by atoms with Gasteiger partial charge in [0, 0.05) is 24.0 Å². The number of fused-ring (bicyclic) bond motifs is 1. The number of hydrogen-bond donors (Lipinski definition) is 1. The lowest BCUT2D eigenvalue weighted by atomic mass is 9.91. The molecule has 2 aliphatic heterocycles. The molecule has 2 unspecified atom stereocenters. The highest BCUT2D eigenvalue weighted by molar-refractivity contribution is 9.11. The Morgan fingerprint density at radius 3 is 3.18 bits per heavy atom. The van der Waals surface area contributed by atoms with Crippen molar-refractivity contribution in [3.63, 3.8) is 0 Å². The molecule has 17 heavy (non-hydrogen) atoms. The van der Waals surface area contributed by atoms with Crippen LogP contribution >= 0.6 is 27.3 Å². The average Bonchev–Trinajstić information content (AvgIpc) is 2.88. The summed E-state index contributed by atoms with van der Waals surface area (Å²) in [4.78, 5) is 15.5. The Labute approximate surface area is 113 Å². The van der Waals surface area contributed by atoms with Gasteiger partial charge in [0.25, 0.3) is 0 Å². The summed E-state index contributed by atoms with van der Waals surface area (Å²) < 4.78 is 1.18. The smallest absolute Gasteiger partial charge is 0.224 e. The Balaban J connectivity index is 1.72. The fourth-order valence-corrected chi connectivity index (χ4v) is 4.38. The van der Waals surface area contributed by atoms with E-state index in [0.717, 1.165) is 32.5 Å². The Kier molecular flexibility index (Phi) is 3.23. The van der Waals surface area contributed by atoms with Crippen LogP contribution in [-0.2, 0) is 11.3 Å². The molecule has 0 radical (unpaired) electrons. The summed E-state index contributed by atoms with van der Waals surface area (Å²) >= 11 is 5.28. The van der Waals surface area contributed by atoms with Crippen LogP contribution < -0.4 is 5.32 Å². The zero-order valence-corrected chi connectivity index (χ0v) is 11.9. The summed E-state index contributed by atoms with van der Waals surface area (Å²) in [5.41, 5.74) is 0. The lowest BCUT2D eigenvalue weighted by Crippen LogP contribution is -2.44. The highest BCUT2D eigenvalue weighted by Gasteiger charge is 2.40. The molecule has 5 heteroatoms. The number of nitrogens with zero attached hydrogens (tertiary/aromatic N) is 1. The van der Waals surface area contributed by atoms with Crippen LogP contribution in [0.3, 0.4) is 0 Å². The fraction of sp³-hybridized carbons (Fsp3) is 0.583. The molecule has 0 aliphatic carbocycles. The minimum absolute atomic E-state index is 0.229. The summed E-state index contributed by atoms with van der Waals surface area (Å²) in [5.74, 6) is 0.485. The molecule has 1 N–H and O–H groups in total. The first-order valence-electron chi connectivity index (χ1n) is 6.00. The van der Waals surface area contributed by atoms with Gasteiger partial charge in [-0.2, -0.15) is 0 Å². The first-order chi connectivity index (χ1) is 8.24. The van der Waals surface area contributed by atoms with Crippen molar-refractivity contribution in [3.05, 3.63) is 20.8 Å². The van der Waals surface area contributed by atoms with Crippen molar-refractivity contribution in [1.82, 2.24) is 10.2 Å². The molecule has 0 spiro atoms. The molecule has 3 nitrogen and oxygen atoms in total. The molecule has 1 aromatic rings. The van der Waals surface area contributed by atoms with Crippen molar-refractivity contribution < 1.29 is 4.79 Å². The van der Waals surface area contributed by atoms with Crippen molar-refractivity contribution in [2.75, 3.05) is 13.1 Å². The van der Waals surface area contributed by atoms with E-state index >= 15 is 0 Å². The zero-order valence-electron chi connectivity index (χ0n) is 9.49. The second kappa shape index (κ2) is 4.71. The van der Waals surface area contributed by atoms with E-state index in [4.69, 9.17) is 0 Å². The molecular weight excluding hydrogens is 300 g/mol. The molecule has 0 saturated carbocycles. The Morgan fingerprint density at radius 2 is 2.41 bits per heavy atom. The number of likely N-dealkylation sites (tertiary alicyclic amines) is 1. The standard InChI is InChI=1S/C12H15BrN2OS/c13-11-4-3-8(17-11)7-15-5-1-2-9-10(15)6-14-12(9)16/h3-4,9-10H,1-2,5-7H2,(H,14,16). The molecule has 2 atom stereocenters. The third-order valence-electron chi connectivity index (χ3n) is 3.70. The molecular formula is C12H15BrN2OS. The van der Waals surface area contributed by atoms with Crippen molar-refractivity contribution in [1.29, 1.82) is 0 Å². The molecule has 0 bridgehead atoms. The third kappa shape index (κ3) is 2.28. The van der Waals surface area contributed by atoms with Gasteiger partial charge in [-0.15, -0.1) is 11.3 Å². The van der Waals surface area contributed by atoms with Crippen molar-refractivity contribution in [3.8, 4) is 0 Å². The highest BCUT2D eigenvalue weighted by Crippen LogP contribution is 2.30. The number of piperidine rings is 1. The van der Waals surface area contributed by atoms with Gasteiger partial charge in [0.15, 0.2) is 0 Å². The quantitative estimate of drug-likeness (QED) is 0.908.